The average molecular weight is 338 g/mol. The molecule has 0 amide bonds. The summed E-state index contributed by atoms with van der Waals surface area (Å²) in [4.78, 5) is 8.87. The van der Waals surface area contributed by atoms with E-state index >= 15 is 0 Å². The van der Waals surface area contributed by atoms with Crippen LogP contribution in [-0.4, -0.2) is 39.9 Å². The van der Waals surface area contributed by atoms with Crippen molar-refractivity contribution in [3.05, 3.63) is 42.4 Å². The molecule has 2 N–H and O–H groups in total. The first-order valence-corrected chi connectivity index (χ1v) is 8.61. The molecule has 3 aromatic rings. The number of fused-ring (bicyclic) bond motifs is 1. The molecule has 0 unspecified atom stereocenters. The number of nitrogens with one attached hydrogen (secondary N) is 2. The third-order valence-corrected chi connectivity index (χ3v) is 4.66. The molecule has 4 rings (SSSR count). The number of rotatable bonds is 5. The summed E-state index contributed by atoms with van der Waals surface area (Å²) in [5, 5.41) is 12.3. The minimum atomic E-state index is 0.406. The van der Waals surface area contributed by atoms with Crippen molar-refractivity contribution in [1.29, 1.82) is 0 Å². The van der Waals surface area contributed by atoms with Crippen molar-refractivity contribution < 1.29 is 4.74 Å². The smallest absolute Gasteiger partial charge is 0.163 e. The van der Waals surface area contributed by atoms with Crippen LogP contribution in [0.15, 0.2) is 36.8 Å². The first-order valence-electron chi connectivity index (χ1n) is 8.61. The minimum absolute atomic E-state index is 0.406. The van der Waals surface area contributed by atoms with Crippen molar-refractivity contribution in [1.82, 2.24) is 25.1 Å². The van der Waals surface area contributed by atoms with Gasteiger partial charge in [0, 0.05) is 6.54 Å². The summed E-state index contributed by atoms with van der Waals surface area (Å²) in [6.45, 7) is 2.74. The van der Waals surface area contributed by atoms with Gasteiger partial charge in [0.1, 0.15) is 17.9 Å². The maximum absolute atomic E-state index is 5.19. The molecular formula is C18H22N6O. The third kappa shape index (κ3) is 3.28. The maximum atomic E-state index is 5.19. The van der Waals surface area contributed by atoms with Gasteiger partial charge in [-0.15, -0.1) is 0 Å². The predicted molar refractivity (Wildman–Crippen MR) is 96.8 cm³/mol. The van der Waals surface area contributed by atoms with Gasteiger partial charge in [-0.1, -0.05) is 12.1 Å². The highest BCUT2D eigenvalue weighted by Crippen LogP contribution is 2.25. The molecular weight excluding hydrogens is 316 g/mol. The highest BCUT2D eigenvalue weighted by Gasteiger charge is 2.19. The van der Waals surface area contributed by atoms with Crippen LogP contribution in [0.5, 0.6) is 5.75 Å². The van der Waals surface area contributed by atoms with Crippen LogP contribution in [-0.2, 0) is 6.54 Å². The Morgan fingerprint density at radius 3 is 2.76 bits per heavy atom. The van der Waals surface area contributed by atoms with Gasteiger partial charge in [-0.3, -0.25) is 0 Å². The lowest BCUT2D eigenvalue weighted by Crippen LogP contribution is -2.29. The maximum Gasteiger partial charge on any atom is 0.163 e. The molecule has 0 atom stereocenters. The Morgan fingerprint density at radius 2 is 2.00 bits per heavy atom. The highest BCUT2D eigenvalue weighted by atomic mass is 16.5. The SMILES string of the molecule is COc1ccc(CNc2ncnc3c2cnn3C2CCNCC2)cc1. The lowest BCUT2D eigenvalue weighted by Gasteiger charge is -2.23. The molecule has 1 fully saturated rings. The molecule has 1 aliphatic heterocycles. The zero-order chi connectivity index (χ0) is 17.1. The molecule has 1 aliphatic rings. The summed E-state index contributed by atoms with van der Waals surface area (Å²) in [5.41, 5.74) is 2.07. The van der Waals surface area contributed by atoms with E-state index in [4.69, 9.17) is 4.74 Å². The fraction of sp³-hybridized carbons (Fsp3) is 0.389. The van der Waals surface area contributed by atoms with Crippen molar-refractivity contribution >= 4 is 16.9 Å². The largest absolute Gasteiger partial charge is 0.497 e. The topological polar surface area (TPSA) is 76.9 Å². The van der Waals surface area contributed by atoms with Gasteiger partial charge < -0.3 is 15.4 Å². The van der Waals surface area contributed by atoms with Gasteiger partial charge in [-0.25, -0.2) is 14.6 Å². The van der Waals surface area contributed by atoms with Gasteiger partial charge in [0.15, 0.2) is 5.65 Å². The van der Waals surface area contributed by atoms with Crippen LogP contribution in [0.1, 0.15) is 24.4 Å². The Hall–Kier alpha value is -2.67. The van der Waals surface area contributed by atoms with E-state index < -0.39 is 0 Å². The van der Waals surface area contributed by atoms with Gasteiger partial charge in [-0.05, 0) is 43.6 Å². The molecule has 7 heteroatoms. The fourth-order valence-corrected chi connectivity index (χ4v) is 3.25. The summed E-state index contributed by atoms with van der Waals surface area (Å²) in [6.07, 6.45) is 5.64. The van der Waals surface area contributed by atoms with Crippen LogP contribution in [0.2, 0.25) is 0 Å². The molecule has 130 valence electrons. The predicted octanol–water partition coefficient (Wildman–Crippen LogP) is 2.37. The van der Waals surface area contributed by atoms with E-state index in [1.54, 1.807) is 13.4 Å². The second kappa shape index (κ2) is 7.06. The summed E-state index contributed by atoms with van der Waals surface area (Å²) in [6, 6.07) is 8.41. The lowest BCUT2D eigenvalue weighted by molar-refractivity contribution is 0.349. The molecule has 1 aromatic carbocycles. The van der Waals surface area contributed by atoms with Gasteiger partial charge in [0.2, 0.25) is 0 Å². The highest BCUT2D eigenvalue weighted by molar-refractivity contribution is 5.86. The quantitative estimate of drug-likeness (QED) is 0.744. The Morgan fingerprint density at radius 1 is 1.20 bits per heavy atom. The molecule has 3 heterocycles. The second-order valence-corrected chi connectivity index (χ2v) is 6.23. The van der Waals surface area contributed by atoms with Gasteiger partial charge >= 0.3 is 0 Å². The number of nitrogens with zero attached hydrogens (tertiary/aromatic N) is 4. The lowest BCUT2D eigenvalue weighted by atomic mass is 10.1. The molecule has 0 saturated carbocycles. The van der Waals surface area contributed by atoms with Gasteiger partial charge in [0.25, 0.3) is 0 Å². The van der Waals surface area contributed by atoms with Crippen LogP contribution >= 0.6 is 0 Å². The Kier molecular flexibility index (Phi) is 4.47. The Balaban J connectivity index is 1.54. The number of anilines is 1. The van der Waals surface area contributed by atoms with E-state index in [0.717, 1.165) is 48.5 Å². The van der Waals surface area contributed by atoms with Crippen LogP contribution < -0.4 is 15.4 Å². The molecule has 0 radical (unpaired) electrons. The van der Waals surface area contributed by atoms with E-state index in [9.17, 15) is 0 Å². The number of hydrogen-bond acceptors (Lipinski definition) is 6. The number of piperidine rings is 1. The number of aromatic nitrogens is 4. The zero-order valence-electron chi connectivity index (χ0n) is 14.3. The van der Waals surface area contributed by atoms with Crippen molar-refractivity contribution in [2.24, 2.45) is 0 Å². The molecule has 25 heavy (non-hydrogen) atoms. The Bertz CT molecular complexity index is 838. The normalized spacial score (nSPS) is 15.4. The summed E-state index contributed by atoms with van der Waals surface area (Å²) in [7, 11) is 1.67. The van der Waals surface area contributed by atoms with E-state index in [1.807, 2.05) is 30.5 Å². The molecule has 0 bridgehead atoms. The third-order valence-electron chi connectivity index (χ3n) is 4.66. The summed E-state index contributed by atoms with van der Waals surface area (Å²) < 4.78 is 7.25. The average Bonchev–Trinajstić information content (AvgIpc) is 3.12. The van der Waals surface area contributed by atoms with Crippen LogP contribution in [0.3, 0.4) is 0 Å². The number of methoxy groups -OCH3 is 1. The molecule has 0 aliphatic carbocycles. The van der Waals surface area contributed by atoms with Gasteiger partial charge in [-0.2, -0.15) is 5.10 Å². The summed E-state index contributed by atoms with van der Waals surface area (Å²) in [5.74, 6) is 1.68. The standard InChI is InChI=1S/C18H22N6O/c1-25-15-4-2-13(3-5-15)10-20-17-16-11-23-24(18(16)22-12-21-17)14-6-8-19-9-7-14/h2-5,11-12,14,19H,6-10H2,1H3,(H,20,21,22). The summed E-state index contributed by atoms with van der Waals surface area (Å²) >= 11 is 0. The zero-order valence-corrected chi connectivity index (χ0v) is 14.3. The van der Waals surface area contributed by atoms with Crippen LogP contribution in [0.4, 0.5) is 5.82 Å². The first kappa shape index (κ1) is 15.8. The minimum Gasteiger partial charge on any atom is -0.497 e. The second-order valence-electron chi connectivity index (χ2n) is 6.23. The van der Waals surface area contributed by atoms with Crippen molar-refractivity contribution in [3.63, 3.8) is 0 Å². The van der Waals surface area contributed by atoms with E-state index in [0.29, 0.717) is 12.6 Å². The number of hydrogen-bond donors (Lipinski definition) is 2. The van der Waals surface area contributed by atoms with Crippen molar-refractivity contribution in [2.75, 3.05) is 25.5 Å². The molecule has 1 saturated heterocycles. The molecule has 7 nitrogen and oxygen atoms in total. The van der Waals surface area contributed by atoms with Crippen molar-refractivity contribution in [3.8, 4) is 5.75 Å². The molecule has 0 spiro atoms. The van der Waals surface area contributed by atoms with E-state index in [2.05, 4.69) is 30.4 Å². The Labute approximate surface area is 146 Å². The first-order chi connectivity index (χ1) is 12.3. The fourth-order valence-electron chi connectivity index (χ4n) is 3.25. The van der Waals surface area contributed by atoms with Crippen molar-refractivity contribution in [2.45, 2.75) is 25.4 Å². The number of benzene rings is 1. The number of ether oxygens (including phenoxy) is 1. The van der Waals surface area contributed by atoms with E-state index in [1.165, 1.54) is 5.56 Å². The van der Waals surface area contributed by atoms with E-state index in [-0.39, 0.29) is 0 Å². The van der Waals surface area contributed by atoms with Crippen LogP contribution in [0, 0.1) is 0 Å². The monoisotopic (exact) mass is 338 g/mol. The van der Waals surface area contributed by atoms with Gasteiger partial charge in [0.05, 0.1) is 24.7 Å². The van der Waals surface area contributed by atoms with Crippen LogP contribution in [0.25, 0.3) is 11.0 Å². The molecule has 2 aromatic heterocycles.